The second-order valence-corrected chi connectivity index (χ2v) is 8.07. The van der Waals surface area contributed by atoms with Gasteiger partial charge in [0.15, 0.2) is 0 Å². The van der Waals surface area contributed by atoms with Crippen LogP contribution in [-0.4, -0.2) is 59.7 Å². The molecule has 4 rings (SSSR count). The van der Waals surface area contributed by atoms with Gasteiger partial charge in [-0.2, -0.15) is 0 Å². The second-order valence-electron chi connectivity index (χ2n) is 7.63. The van der Waals surface area contributed by atoms with Gasteiger partial charge in [0.25, 0.3) is 5.91 Å². The highest BCUT2D eigenvalue weighted by atomic mass is 35.5. The van der Waals surface area contributed by atoms with Crippen molar-refractivity contribution in [3.8, 4) is 0 Å². The number of nitrogens with zero attached hydrogens (tertiary/aromatic N) is 3. The van der Waals surface area contributed by atoms with Gasteiger partial charge in [-0.15, -0.1) is 0 Å². The number of piperidine rings is 1. The number of benzene rings is 1. The van der Waals surface area contributed by atoms with E-state index in [0.29, 0.717) is 17.3 Å². The summed E-state index contributed by atoms with van der Waals surface area (Å²) in [7, 11) is 0. The van der Waals surface area contributed by atoms with Crippen molar-refractivity contribution in [2.24, 2.45) is 5.92 Å². The zero-order valence-electron chi connectivity index (χ0n) is 15.3. The lowest BCUT2D eigenvalue weighted by molar-refractivity contribution is -0.137. The molecule has 1 aromatic carbocycles. The van der Waals surface area contributed by atoms with Gasteiger partial charge < -0.3 is 4.90 Å². The third-order valence-corrected chi connectivity index (χ3v) is 6.12. The van der Waals surface area contributed by atoms with Gasteiger partial charge in [-0.25, -0.2) is 4.90 Å². The minimum atomic E-state index is -0.470. The van der Waals surface area contributed by atoms with E-state index >= 15 is 0 Å². The van der Waals surface area contributed by atoms with Crippen molar-refractivity contribution in [3.63, 3.8) is 0 Å². The first kappa shape index (κ1) is 18.4. The Kier molecular flexibility index (Phi) is 5.19. The number of imide groups is 1. The SMILES string of the molecule is O=C([C@@H]1CCCN([C@H]2CC(=O)N(c3ccc(Cl)cc3)C2=O)C1)N1CCCC1. The van der Waals surface area contributed by atoms with Crippen molar-refractivity contribution in [1.82, 2.24) is 9.80 Å². The third kappa shape index (κ3) is 3.60. The van der Waals surface area contributed by atoms with Gasteiger partial charge in [0.1, 0.15) is 0 Å². The highest BCUT2D eigenvalue weighted by Crippen LogP contribution is 2.30. The molecule has 0 spiro atoms. The van der Waals surface area contributed by atoms with Crippen LogP contribution in [0.3, 0.4) is 0 Å². The lowest BCUT2D eigenvalue weighted by Crippen LogP contribution is -2.50. The Balaban J connectivity index is 1.46. The van der Waals surface area contributed by atoms with E-state index in [2.05, 4.69) is 0 Å². The molecule has 0 bridgehead atoms. The Morgan fingerprint density at radius 2 is 1.70 bits per heavy atom. The normalized spacial score (nSPS) is 26.9. The Bertz CT molecular complexity index is 745. The first-order chi connectivity index (χ1) is 13.0. The van der Waals surface area contributed by atoms with E-state index in [9.17, 15) is 14.4 Å². The summed E-state index contributed by atoms with van der Waals surface area (Å²) in [5, 5.41) is 0.564. The zero-order chi connectivity index (χ0) is 19.0. The molecule has 2 atom stereocenters. The van der Waals surface area contributed by atoms with E-state index in [0.717, 1.165) is 45.3 Å². The standard InChI is InChI=1S/C20H24ClN3O3/c21-15-5-7-16(8-6-15)24-18(25)12-17(20(24)27)23-11-3-4-14(13-23)19(26)22-9-1-2-10-22/h5-8,14,17H,1-4,9-13H2/t14-,17+/m1/s1. The molecule has 144 valence electrons. The molecule has 0 N–H and O–H groups in total. The molecule has 27 heavy (non-hydrogen) atoms. The molecule has 0 aromatic heterocycles. The van der Waals surface area contributed by atoms with Crippen molar-refractivity contribution < 1.29 is 14.4 Å². The highest BCUT2D eigenvalue weighted by Gasteiger charge is 2.44. The molecular weight excluding hydrogens is 366 g/mol. The summed E-state index contributed by atoms with van der Waals surface area (Å²) in [6.07, 6.45) is 4.07. The van der Waals surface area contributed by atoms with Crippen LogP contribution in [0.1, 0.15) is 32.1 Å². The molecule has 0 saturated carbocycles. The molecule has 0 unspecified atom stereocenters. The van der Waals surface area contributed by atoms with Gasteiger partial charge in [0.2, 0.25) is 11.8 Å². The summed E-state index contributed by atoms with van der Waals surface area (Å²) in [4.78, 5) is 43.5. The van der Waals surface area contributed by atoms with Crippen LogP contribution in [0.25, 0.3) is 0 Å². The first-order valence-corrected chi connectivity index (χ1v) is 10.1. The number of anilines is 1. The van der Waals surface area contributed by atoms with Crippen molar-refractivity contribution >= 4 is 35.0 Å². The highest BCUT2D eigenvalue weighted by molar-refractivity contribution is 6.30. The van der Waals surface area contributed by atoms with E-state index in [1.807, 2.05) is 9.80 Å². The average Bonchev–Trinajstić information content (AvgIpc) is 3.31. The van der Waals surface area contributed by atoms with Crippen LogP contribution in [0.5, 0.6) is 0 Å². The topological polar surface area (TPSA) is 60.9 Å². The lowest BCUT2D eigenvalue weighted by Gasteiger charge is -2.36. The van der Waals surface area contributed by atoms with Crippen molar-refractivity contribution in [1.29, 1.82) is 0 Å². The van der Waals surface area contributed by atoms with E-state index in [1.54, 1.807) is 24.3 Å². The van der Waals surface area contributed by atoms with E-state index < -0.39 is 6.04 Å². The van der Waals surface area contributed by atoms with Crippen LogP contribution < -0.4 is 4.90 Å². The molecule has 7 heteroatoms. The second kappa shape index (κ2) is 7.60. The predicted octanol–water partition coefficient (Wildman–Crippen LogP) is 2.31. The first-order valence-electron chi connectivity index (χ1n) is 9.70. The minimum absolute atomic E-state index is 0.0654. The number of carbonyl (C=O) groups excluding carboxylic acids is 3. The molecule has 3 amide bonds. The van der Waals surface area contributed by atoms with Gasteiger partial charge in [-0.1, -0.05) is 11.6 Å². The molecule has 3 aliphatic heterocycles. The van der Waals surface area contributed by atoms with E-state index in [-0.39, 0.29) is 30.1 Å². The summed E-state index contributed by atoms with van der Waals surface area (Å²) in [6, 6.07) is 6.27. The molecule has 3 saturated heterocycles. The Morgan fingerprint density at radius 3 is 2.41 bits per heavy atom. The molecule has 1 aromatic rings. The molecule has 6 nitrogen and oxygen atoms in total. The fraction of sp³-hybridized carbons (Fsp3) is 0.550. The number of halogens is 1. The van der Waals surface area contributed by atoms with Crippen molar-refractivity contribution in [2.75, 3.05) is 31.1 Å². The lowest BCUT2D eigenvalue weighted by atomic mass is 9.95. The van der Waals surface area contributed by atoms with Gasteiger partial charge in [0.05, 0.1) is 24.1 Å². The fourth-order valence-electron chi connectivity index (χ4n) is 4.45. The van der Waals surface area contributed by atoms with Crippen LogP contribution in [0.2, 0.25) is 5.02 Å². The Hall–Kier alpha value is -1.92. The molecule has 3 heterocycles. The maximum atomic E-state index is 13.0. The van der Waals surface area contributed by atoms with Crippen LogP contribution in [0.15, 0.2) is 24.3 Å². The van der Waals surface area contributed by atoms with Crippen LogP contribution in [-0.2, 0) is 14.4 Å². The van der Waals surface area contributed by atoms with Crippen LogP contribution in [0.4, 0.5) is 5.69 Å². The van der Waals surface area contributed by atoms with Gasteiger partial charge >= 0.3 is 0 Å². The monoisotopic (exact) mass is 389 g/mol. The van der Waals surface area contributed by atoms with Crippen molar-refractivity contribution in [3.05, 3.63) is 29.3 Å². The number of likely N-dealkylation sites (tertiary alicyclic amines) is 2. The van der Waals surface area contributed by atoms with Gasteiger partial charge in [0, 0.05) is 24.7 Å². The van der Waals surface area contributed by atoms with Crippen LogP contribution in [0, 0.1) is 5.92 Å². The van der Waals surface area contributed by atoms with Gasteiger partial charge in [-0.3, -0.25) is 19.3 Å². The average molecular weight is 390 g/mol. The number of amides is 3. The van der Waals surface area contributed by atoms with E-state index in [4.69, 9.17) is 11.6 Å². The fourth-order valence-corrected chi connectivity index (χ4v) is 4.58. The summed E-state index contributed by atoms with van der Waals surface area (Å²) in [5.41, 5.74) is 0.554. The summed E-state index contributed by atoms with van der Waals surface area (Å²) in [5.74, 6) is -0.246. The maximum absolute atomic E-state index is 13.0. The summed E-state index contributed by atoms with van der Waals surface area (Å²) in [6.45, 7) is 3.01. The molecular formula is C20H24ClN3O3. The zero-order valence-corrected chi connectivity index (χ0v) is 16.0. The Morgan fingerprint density at radius 1 is 1.00 bits per heavy atom. The molecule has 0 aliphatic carbocycles. The van der Waals surface area contributed by atoms with Gasteiger partial charge in [-0.05, 0) is 56.5 Å². The molecule has 0 radical (unpaired) electrons. The summed E-state index contributed by atoms with van der Waals surface area (Å²) < 4.78 is 0. The number of hydrogen-bond acceptors (Lipinski definition) is 4. The predicted molar refractivity (Wildman–Crippen MR) is 102 cm³/mol. The number of rotatable bonds is 3. The van der Waals surface area contributed by atoms with Crippen molar-refractivity contribution in [2.45, 2.75) is 38.1 Å². The molecule has 3 aliphatic rings. The quantitative estimate of drug-likeness (QED) is 0.744. The smallest absolute Gasteiger partial charge is 0.251 e. The molecule has 3 fully saturated rings. The van der Waals surface area contributed by atoms with E-state index in [1.165, 1.54) is 4.90 Å². The Labute approximate surface area is 164 Å². The summed E-state index contributed by atoms with van der Waals surface area (Å²) >= 11 is 5.91. The van der Waals surface area contributed by atoms with Crippen LogP contribution >= 0.6 is 11.6 Å². The maximum Gasteiger partial charge on any atom is 0.251 e. The minimum Gasteiger partial charge on any atom is -0.342 e. The third-order valence-electron chi connectivity index (χ3n) is 5.87. The number of carbonyl (C=O) groups is 3. The number of hydrogen-bond donors (Lipinski definition) is 0. The largest absolute Gasteiger partial charge is 0.342 e.